The van der Waals surface area contributed by atoms with Gasteiger partial charge in [-0.05, 0) is 50.6 Å². The number of nitrogens with zero attached hydrogens (tertiary/aromatic N) is 1. The molecule has 0 bridgehead atoms. The van der Waals surface area contributed by atoms with Crippen LogP contribution in [0.1, 0.15) is 18.4 Å². The Balaban J connectivity index is 1.64. The molecule has 0 unspecified atom stereocenters. The summed E-state index contributed by atoms with van der Waals surface area (Å²) in [5.74, 6) is 0. The summed E-state index contributed by atoms with van der Waals surface area (Å²) >= 11 is 0. The van der Waals surface area contributed by atoms with Crippen LogP contribution in [0.3, 0.4) is 0 Å². The van der Waals surface area contributed by atoms with E-state index in [0.717, 1.165) is 30.7 Å². The first kappa shape index (κ1) is 20.0. The number of rotatable bonds is 4. The number of benzene rings is 4. The molecule has 1 saturated heterocycles. The number of H-pyrrole nitrogens is 1. The largest absolute Gasteiger partial charge is 0.453 e. The van der Waals surface area contributed by atoms with E-state index in [1.165, 1.54) is 12.8 Å². The van der Waals surface area contributed by atoms with Gasteiger partial charge in [0.05, 0.1) is 27.5 Å². The predicted molar refractivity (Wildman–Crippen MR) is 135 cm³/mol. The van der Waals surface area contributed by atoms with Crippen LogP contribution < -0.4 is 16.2 Å². The van der Waals surface area contributed by atoms with Crippen LogP contribution in [0.15, 0.2) is 62.5 Å². The highest BCUT2D eigenvalue weighted by atomic mass is 16.3. The average Bonchev–Trinajstić information content (AvgIpc) is 3.34. The molecule has 0 spiro atoms. The average molecular weight is 440 g/mol. The monoisotopic (exact) mass is 439 g/mol. The van der Waals surface area contributed by atoms with E-state index in [1.807, 2.05) is 31.2 Å². The highest BCUT2D eigenvalue weighted by Crippen LogP contribution is 2.31. The smallest absolute Gasteiger partial charge is 0.196 e. The predicted octanol–water partition coefficient (Wildman–Crippen LogP) is 4.76. The molecule has 33 heavy (non-hydrogen) atoms. The van der Waals surface area contributed by atoms with Crippen LogP contribution in [-0.4, -0.2) is 36.1 Å². The number of anilines is 1. The maximum absolute atomic E-state index is 13.7. The zero-order valence-electron chi connectivity index (χ0n) is 18.5. The fourth-order valence-electron chi connectivity index (χ4n) is 5.05. The molecule has 0 amide bonds. The van der Waals surface area contributed by atoms with E-state index in [1.54, 1.807) is 24.3 Å². The molecule has 2 N–H and O–H groups in total. The van der Waals surface area contributed by atoms with Crippen LogP contribution in [0.5, 0.6) is 0 Å². The normalized spacial score (nSPS) is 14.7. The molecule has 4 aromatic carbocycles. The molecule has 6 nitrogen and oxygen atoms in total. The molecule has 166 valence electrons. The van der Waals surface area contributed by atoms with E-state index >= 15 is 0 Å². The van der Waals surface area contributed by atoms with Crippen molar-refractivity contribution in [1.82, 2.24) is 9.88 Å². The molecule has 0 aliphatic carbocycles. The van der Waals surface area contributed by atoms with Gasteiger partial charge in [-0.1, -0.05) is 30.3 Å². The van der Waals surface area contributed by atoms with Crippen molar-refractivity contribution in [2.24, 2.45) is 0 Å². The second-order valence-corrected chi connectivity index (χ2v) is 8.95. The number of aryl methyl sites for hydroxylation is 1. The molecule has 6 rings (SSSR count). The molecule has 1 aromatic heterocycles. The lowest BCUT2D eigenvalue weighted by Gasteiger charge is -2.17. The quantitative estimate of drug-likeness (QED) is 0.312. The second kappa shape index (κ2) is 7.74. The molecule has 1 aliphatic heterocycles. The third-order valence-electron chi connectivity index (χ3n) is 6.72. The molecule has 0 atom stereocenters. The standard InChI is InChI=1S/C27H25N3O3/c1-16-8-9-21-19(14-16)29-25-22(33-21)15-20(28-10-13-30-11-4-5-12-30)23-24(25)27(32)18-7-3-2-6-17(18)26(23)31/h2-3,6-9,14-15,28-29H,4-5,10-13H2,1H3. The zero-order chi connectivity index (χ0) is 22.5. The number of fused-ring (bicyclic) bond motifs is 5. The highest BCUT2D eigenvalue weighted by molar-refractivity contribution is 6.14. The SMILES string of the molecule is Cc1ccc2oc3cc(NCCN4CCCC4)c4c(=O)c5ccccc5c(=O)c4c3[nH]c2c1. The minimum Gasteiger partial charge on any atom is -0.453 e. The molecule has 0 saturated carbocycles. The van der Waals surface area contributed by atoms with Gasteiger partial charge in [0.2, 0.25) is 0 Å². The van der Waals surface area contributed by atoms with Crippen molar-refractivity contribution in [2.45, 2.75) is 19.8 Å². The highest BCUT2D eigenvalue weighted by Gasteiger charge is 2.19. The summed E-state index contributed by atoms with van der Waals surface area (Å²) in [6.07, 6.45) is 2.47. The van der Waals surface area contributed by atoms with Crippen LogP contribution in [0.4, 0.5) is 5.69 Å². The fourth-order valence-corrected chi connectivity index (χ4v) is 5.05. The van der Waals surface area contributed by atoms with Crippen molar-refractivity contribution < 1.29 is 4.42 Å². The Kier molecular flexibility index (Phi) is 4.69. The summed E-state index contributed by atoms with van der Waals surface area (Å²) in [6, 6.07) is 14.8. The third kappa shape index (κ3) is 3.29. The fraction of sp³-hybridized carbons (Fsp3) is 0.259. The molecule has 0 radical (unpaired) electrons. The van der Waals surface area contributed by atoms with E-state index in [0.29, 0.717) is 50.5 Å². The van der Waals surface area contributed by atoms with Crippen molar-refractivity contribution in [2.75, 3.05) is 31.5 Å². The number of likely N-dealkylation sites (tertiary alicyclic amines) is 1. The molecule has 2 heterocycles. The van der Waals surface area contributed by atoms with Gasteiger partial charge in [0, 0.05) is 29.9 Å². The molecule has 5 aromatic rings. The second-order valence-electron chi connectivity index (χ2n) is 8.95. The summed E-state index contributed by atoms with van der Waals surface area (Å²) in [5.41, 5.74) is 4.03. The lowest BCUT2D eigenvalue weighted by atomic mass is 9.99. The maximum Gasteiger partial charge on any atom is 0.196 e. The van der Waals surface area contributed by atoms with Gasteiger partial charge >= 0.3 is 0 Å². The topological polar surface area (TPSA) is 78.3 Å². The van der Waals surface area contributed by atoms with Crippen LogP contribution in [0.2, 0.25) is 0 Å². The van der Waals surface area contributed by atoms with Crippen LogP contribution in [0, 0.1) is 6.92 Å². The summed E-state index contributed by atoms with van der Waals surface area (Å²) < 4.78 is 6.21. The Morgan fingerprint density at radius 2 is 1.67 bits per heavy atom. The van der Waals surface area contributed by atoms with E-state index in [9.17, 15) is 9.59 Å². The van der Waals surface area contributed by atoms with Gasteiger partial charge in [0.15, 0.2) is 22.0 Å². The van der Waals surface area contributed by atoms with E-state index in [-0.39, 0.29) is 10.9 Å². The Morgan fingerprint density at radius 1 is 0.939 bits per heavy atom. The van der Waals surface area contributed by atoms with Gasteiger partial charge < -0.3 is 19.6 Å². The van der Waals surface area contributed by atoms with Crippen molar-refractivity contribution >= 4 is 49.4 Å². The van der Waals surface area contributed by atoms with Crippen molar-refractivity contribution in [3.05, 3.63) is 74.5 Å². The molecule has 1 aliphatic rings. The number of aromatic amines is 1. The lowest BCUT2D eigenvalue weighted by Crippen LogP contribution is -2.26. The van der Waals surface area contributed by atoms with Gasteiger partial charge in [-0.15, -0.1) is 0 Å². The summed E-state index contributed by atoms with van der Waals surface area (Å²) in [5, 5.41) is 5.13. The summed E-state index contributed by atoms with van der Waals surface area (Å²) in [7, 11) is 0. The minimum atomic E-state index is -0.160. The van der Waals surface area contributed by atoms with Crippen molar-refractivity contribution in [1.29, 1.82) is 0 Å². The Hall–Kier alpha value is -3.64. The molecular formula is C27H25N3O3. The molecule has 1 fully saturated rings. The summed E-state index contributed by atoms with van der Waals surface area (Å²) in [4.78, 5) is 33.1. The third-order valence-corrected chi connectivity index (χ3v) is 6.72. The van der Waals surface area contributed by atoms with E-state index in [2.05, 4.69) is 15.2 Å². The molecule has 6 heteroatoms. The van der Waals surface area contributed by atoms with Gasteiger partial charge in [-0.2, -0.15) is 0 Å². The van der Waals surface area contributed by atoms with Gasteiger partial charge in [-0.3, -0.25) is 9.59 Å². The first-order chi connectivity index (χ1) is 16.1. The Bertz CT molecular complexity index is 1660. The van der Waals surface area contributed by atoms with Gasteiger partial charge in [-0.25, -0.2) is 0 Å². The number of hydrogen-bond acceptors (Lipinski definition) is 5. The van der Waals surface area contributed by atoms with Crippen molar-refractivity contribution in [3.8, 4) is 0 Å². The first-order valence-electron chi connectivity index (χ1n) is 11.5. The van der Waals surface area contributed by atoms with E-state index in [4.69, 9.17) is 4.42 Å². The first-order valence-corrected chi connectivity index (χ1v) is 11.5. The molecular weight excluding hydrogens is 414 g/mol. The van der Waals surface area contributed by atoms with Crippen molar-refractivity contribution in [3.63, 3.8) is 0 Å². The van der Waals surface area contributed by atoms with Crippen LogP contribution >= 0.6 is 0 Å². The van der Waals surface area contributed by atoms with Gasteiger partial charge in [0.1, 0.15) is 0 Å². The Morgan fingerprint density at radius 3 is 2.42 bits per heavy atom. The van der Waals surface area contributed by atoms with Crippen LogP contribution in [-0.2, 0) is 0 Å². The number of nitrogens with one attached hydrogen (secondary N) is 2. The lowest BCUT2D eigenvalue weighted by molar-refractivity contribution is 0.353. The summed E-state index contributed by atoms with van der Waals surface area (Å²) in [6.45, 7) is 5.81. The van der Waals surface area contributed by atoms with Gasteiger partial charge in [0.25, 0.3) is 0 Å². The number of hydrogen-bond donors (Lipinski definition) is 2. The number of aromatic nitrogens is 1. The van der Waals surface area contributed by atoms with E-state index < -0.39 is 0 Å². The Labute approximate surface area is 189 Å². The zero-order valence-corrected chi connectivity index (χ0v) is 18.5. The maximum atomic E-state index is 13.7. The van der Waals surface area contributed by atoms with Crippen LogP contribution in [0.25, 0.3) is 43.7 Å². The minimum absolute atomic E-state index is 0.136.